The van der Waals surface area contributed by atoms with Crippen molar-refractivity contribution in [1.82, 2.24) is 5.32 Å². The first-order chi connectivity index (χ1) is 12.2. The summed E-state index contributed by atoms with van der Waals surface area (Å²) in [4.78, 5) is 12.1. The number of carbonyl (C=O) groups is 1. The Kier molecular flexibility index (Phi) is 7.28. The number of carbonyl (C=O) groups excluding carboxylic acids is 1. The zero-order valence-electron chi connectivity index (χ0n) is 14.5. The molecular formula is C18H25F3N2O3. The van der Waals surface area contributed by atoms with Gasteiger partial charge in [-0.05, 0) is 30.0 Å². The number of rotatable bonds is 7. The summed E-state index contributed by atoms with van der Waals surface area (Å²) in [6.07, 6.45) is 0.111. The average Bonchev–Trinajstić information content (AvgIpc) is 2.58. The second-order valence-corrected chi connectivity index (χ2v) is 6.76. The zero-order valence-corrected chi connectivity index (χ0v) is 14.5. The second kappa shape index (κ2) is 9.23. The molecule has 0 aliphatic heterocycles. The Labute approximate surface area is 150 Å². The molecule has 0 aromatic heterocycles. The Bertz CT molecular complexity index is 589. The van der Waals surface area contributed by atoms with Crippen molar-refractivity contribution in [2.75, 3.05) is 0 Å². The number of aliphatic hydroxyl groups excluding tert-OH is 1. The number of hydrogen-bond acceptors (Lipinski definition) is 4. The topological polar surface area (TPSA) is 84.6 Å². The van der Waals surface area contributed by atoms with Gasteiger partial charge in [-0.1, -0.05) is 44.2 Å². The highest BCUT2D eigenvalue weighted by atomic mass is 19.4. The third-order valence-electron chi connectivity index (χ3n) is 4.60. The van der Waals surface area contributed by atoms with Gasteiger partial charge in [0.2, 0.25) is 0 Å². The van der Waals surface area contributed by atoms with Gasteiger partial charge in [0.15, 0.2) is 0 Å². The van der Waals surface area contributed by atoms with E-state index in [1.165, 1.54) is 24.6 Å². The first kappa shape index (κ1) is 20.5. The van der Waals surface area contributed by atoms with Crippen LogP contribution in [0.2, 0.25) is 0 Å². The number of nitrogens with two attached hydrogens (primary N) is 1. The summed E-state index contributed by atoms with van der Waals surface area (Å²) in [5.41, 5.74) is 6.38. The van der Waals surface area contributed by atoms with E-state index < -0.39 is 24.4 Å². The van der Waals surface area contributed by atoms with Gasteiger partial charge in [0.05, 0.1) is 0 Å². The van der Waals surface area contributed by atoms with Crippen molar-refractivity contribution < 1.29 is 27.8 Å². The molecule has 8 heteroatoms. The lowest BCUT2D eigenvalue weighted by atomic mass is 9.84. The van der Waals surface area contributed by atoms with E-state index in [2.05, 4.69) is 10.1 Å². The lowest BCUT2D eigenvalue weighted by molar-refractivity contribution is -0.274. The van der Waals surface area contributed by atoms with Gasteiger partial charge in [-0.25, -0.2) is 0 Å². The van der Waals surface area contributed by atoms with Gasteiger partial charge >= 0.3 is 6.36 Å². The van der Waals surface area contributed by atoms with Gasteiger partial charge in [0, 0.05) is 12.6 Å². The molecule has 1 aliphatic carbocycles. The predicted molar refractivity (Wildman–Crippen MR) is 90.1 cm³/mol. The molecule has 1 unspecified atom stereocenters. The molecule has 1 aliphatic rings. The van der Waals surface area contributed by atoms with Crippen LogP contribution in [0.1, 0.15) is 44.1 Å². The summed E-state index contributed by atoms with van der Waals surface area (Å²) in [6, 6.07) is 4.65. The Balaban J connectivity index is 1.82. The van der Waals surface area contributed by atoms with Crippen molar-refractivity contribution in [3.8, 4) is 5.75 Å². The summed E-state index contributed by atoms with van der Waals surface area (Å²) >= 11 is 0. The fraction of sp³-hybridized carbons (Fsp3) is 0.611. The summed E-state index contributed by atoms with van der Waals surface area (Å²) in [5.74, 6) is -0.563. The maximum Gasteiger partial charge on any atom is 0.573 e. The van der Waals surface area contributed by atoms with E-state index in [0.717, 1.165) is 25.7 Å². The smallest absolute Gasteiger partial charge is 0.406 e. The van der Waals surface area contributed by atoms with Crippen LogP contribution in [0, 0.1) is 5.92 Å². The van der Waals surface area contributed by atoms with Crippen LogP contribution in [0.5, 0.6) is 5.75 Å². The number of nitrogens with one attached hydrogen (secondary N) is 1. The van der Waals surface area contributed by atoms with Gasteiger partial charge in [-0.2, -0.15) is 0 Å². The first-order valence-electron chi connectivity index (χ1n) is 8.80. The van der Waals surface area contributed by atoms with Gasteiger partial charge in [0.1, 0.15) is 11.9 Å². The van der Waals surface area contributed by atoms with E-state index in [1.807, 2.05) is 0 Å². The van der Waals surface area contributed by atoms with Crippen molar-refractivity contribution in [3.63, 3.8) is 0 Å². The van der Waals surface area contributed by atoms with Crippen molar-refractivity contribution in [3.05, 3.63) is 29.8 Å². The van der Waals surface area contributed by atoms with E-state index >= 15 is 0 Å². The normalized spacial score (nSPS) is 18.2. The average molecular weight is 374 g/mol. The molecule has 1 aromatic rings. The molecule has 1 fully saturated rings. The van der Waals surface area contributed by atoms with Crippen LogP contribution in [-0.2, 0) is 11.3 Å². The molecule has 1 amide bonds. The third-order valence-corrected chi connectivity index (χ3v) is 4.60. The molecule has 2 rings (SSSR count). The van der Waals surface area contributed by atoms with Crippen LogP contribution in [0.4, 0.5) is 13.2 Å². The number of alkyl halides is 3. The monoisotopic (exact) mass is 374 g/mol. The van der Waals surface area contributed by atoms with Crippen LogP contribution >= 0.6 is 0 Å². The highest BCUT2D eigenvalue weighted by Gasteiger charge is 2.31. The maximum absolute atomic E-state index is 12.2. The molecule has 1 saturated carbocycles. The van der Waals surface area contributed by atoms with Crippen molar-refractivity contribution in [2.24, 2.45) is 11.7 Å². The minimum absolute atomic E-state index is 0.0267. The molecule has 4 N–H and O–H groups in total. The number of amides is 1. The van der Waals surface area contributed by atoms with Gasteiger partial charge in [-0.15, -0.1) is 13.2 Å². The summed E-state index contributed by atoms with van der Waals surface area (Å²) < 4.78 is 40.5. The molecule has 1 aromatic carbocycles. The third kappa shape index (κ3) is 6.84. The standard InChI is InChI=1S/C18H25F3N2O3/c19-18(20,21)26-14-8-4-7-13(9-14)11-23-17(25)16(24)15(22)10-12-5-2-1-3-6-12/h4,7-9,12,15-16,24H,1-3,5-6,10-11,22H2,(H,23,25)/t15-,16?/m1/s1. The van der Waals surface area contributed by atoms with Gasteiger partial charge in [0.25, 0.3) is 5.91 Å². The first-order valence-corrected chi connectivity index (χ1v) is 8.80. The van der Waals surface area contributed by atoms with Gasteiger partial charge in [-0.3, -0.25) is 4.79 Å². The van der Waals surface area contributed by atoms with Gasteiger partial charge < -0.3 is 20.9 Å². The highest BCUT2D eigenvalue weighted by molar-refractivity contribution is 5.81. The lowest BCUT2D eigenvalue weighted by Crippen LogP contribution is -2.47. The molecule has 5 nitrogen and oxygen atoms in total. The zero-order chi connectivity index (χ0) is 19.2. The quantitative estimate of drug-likeness (QED) is 0.685. The van der Waals surface area contributed by atoms with Crippen LogP contribution in [0.25, 0.3) is 0 Å². The Hall–Kier alpha value is -1.80. The summed E-state index contributed by atoms with van der Waals surface area (Å²) in [6.45, 7) is -0.0267. The molecule has 0 spiro atoms. The minimum Gasteiger partial charge on any atom is -0.406 e. The van der Waals surface area contributed by atoms with Crippen molar-refractivity contribution in [1.29, 1.82) is 0 Å². The van der Waals surface area contributed by atoms with E-state index in [4.69, 9.17) is 5.73 Å². The Morgan fingerprint density at radius 1 is 1.31 bits per heavy atom. The molecule has 0 radical (unpaired) electrons. The second-order valence-electron chi connectivity index (χ2n) is 6.76. The largest absolute Gasteiger partial charge is 0.573 e. The number of hydrogen-bond donors (Lipinski definition) is 3. The summed E-state index contributed by atoms with van der Waals surface area (Å²) in [5, 5.41) is 12.6. The molecule has 146 valence electrons. The van der Waals surface area contributed by atoms with Crippen LogP contribution in [0.3, 0.4) is 0 Å². The van der Waals surface area contributed by atoms with Crippen LogP contribution < -0.4 is 15.8 Å². The number of halogens is 3. The Morgan fingerprint density at radius 3 is 2.65 bits per heavy atom. The number of ether oxygens (including phenoxy) is 1. The predicted octanol–water partition coefficient (Wildman–Crippen LogP) is 2.86. The fourth-order valence-electron chi connectivity index (χ4n) is 3.28. The number of benzene rings is 1. The number of aliphatic hydroxyl groups is 1. The molecule has 0 heterocycles. The van der Waals surface area contributed by atoms with Crippen LogP contribution in [-0.4, -0.2) is 29.5 Å². The SMILES string of the molecule is N[C@H](CC1CCCCC1)C(O)C(=O)NCc1cccc(OC(F)(F)F)c1. The highest BCUT2D eigenvalue weighted by Crippen LogP contribution is 2.27. The van der Waals surface area contributed by atoms with Crippen molar-refractivity contribution in [2.45, 2.75) is 63.6 Å². The summed E-state index contributed by atoms with van der Waals surface area (Å²) in [7, 11) is 0. The van der Waals surface area contributed by atoms with E-state index in [1.54, 1.807) is 6.07 Å². The van der Waals surface area contributed by atoms with Crippen molar-refractivity contribution >= 4 is 5.91 Å². The minimum atomic E-state index is -4.77. The lowest BCUT2D eigenvalue weighted by Gasteiger charge is -2.26. The molecule has 0 bridgehead atoms. The van der Waals surface area contributed by atoms with Crippen LogP contribution in [0.15, 0.2) is 24.3 Å². The van der Waals surface area contributed by atoms with E-state index in [-0.39, 0.29) is 12.3 Å². The molecular weight excluding hydrogens is 349 g/mol. The van der Waals surface area contributed by atoms with E-state index in [9.17, 15) is 23.1 Å². The molecule has 26 heavy (non-hydrogen) atoms. The van der Waals surface area contributed by atoms with E-state index in [0.29, 0.717) is 17.9 Å². The fourth-order valence-corrected chi connectivity index (χ4v) is 3.28. The molecule has 0 saturated heterocycles. The Morgan fingerprint density at radius 2 is 2.00 bits per heavy atom. The maximum atomic E-state index is 12.2. The molecule has 2 atom stereocenters.